The maximum atomic E-state index is 11.2. The number of rotatable bonds is 4. The smallest absolute Gasteiger partial charge is 0.329 e. The lowest BCUT2D eigenvalue weighted by Gasteiger charge is -2.06. The first-order chi connectivity index (χ1) is 6.68. The van der Waals surface area contributed by atoms with E-state index in [1.165, 1.54) is 19.0 Å². The Morgan fingerprint density at radius 2 is 2.00 bits per heavy atom. The molecule has 0 aliphatic heterocycles. The molecule has 0 aromatic carbocycles. The number of carboxylic acids is 1. The van der Waals surface area contributed by atoms with Crippen LogP contribution in [0, 0.1) is 5.92 Å². The molecule has 0 unspecified atom stereocenters. The van der Waals surface area contributed by atoms with Gasteiger partial charge >= 0.3 is 5.97 Å². The number of nitrogens with one attached hydrogen (secondary N) is 1. The van der Waals surface area contributed by atoms with Gasteiger partial charge in [0.25, 0.3) is 0 Å². The van der Waals surface area contributed by atoms with Crippen LogP contribution in [-0.2, 0) is 9.59 Å². The van der Waals surface area contributed by atoms with Crippen molar-refractivity contribution in [3.63, 3.8) is 0 Å². The van der Waals surface area contributed by atoms with Crippen molar-refractivity contribution in [3.05, 3.63) is 12.3 Å². The van der Waals surface area contributed by atoms with Crippen LogP contribution >= 0.6 is 0 Å². The zero-order chi connectivity index (χ0) is 10.4. The van der Waals surface area contributed by atoms with E-state index in [-0.39, 0.29) is 5.91 Å². The van der Waals surface area contributed by atoms with E-state index in [1.54, 1.807) is 0 Å². The predicted molar refractivity (Wildman–Crippen MR) is 51.5 cm³/mol. The zero-order valence-electron chi connectivity index (χ0n) is 8.03. The number of hydrogen-bond acceptors (Lipinski definition) is 2. The molecule has 0 aromatic heterocycles. The molecule has 0 spiro atoms. The number of hydrogen-bond donors (Lipinski definition) is 2. The van der Waals surface area contributed by atoms with Gasteiger partial charge in [0.05, 0.1) is 0 Å². The standard InChI is InChI=1S/C10H15NO3/c12-9(11-6-5-10(13)14)7-8-3-1-2-4-8/h5-6,8H,1-4,7H2,(H,11,12)(H,13,14). The van der Waals surface area contributed by atoms with Crippen molar-refractivity contribution in [2.45, 2.75) is 32.1 Å². The van der Waals surface area contributed by atoms with Gasteiger partial charge in [0, 0.05) is 18.7 Å². The highest BCUT2D eigenvalue weighted by Crippen LogP contribution is 2.27. The Bertz CT molecular complexity index is 242. The number of carboxylic acid groups (broad SMARTS) is 1. The van der Waals surface area contributed by atoms with Crippen LogP contribution in [-0.4, -0.2) is 17.0 Å². The van der Waals surface area contributed by atoms with Crippen molar-refractivity contribution in [3.8, 4) is 0 Å². The Labute approximate surface area is 83.0 Å². The van der Waals surface area contributed by atoms with Crippen LogP contribution in [0.25, 0.3) is 0 Å². The summed E-state index contributed by atoms with van der Waals surface area (Å²) in [5.74, 6) is -0.645. The minimum atomic E-state index is -1.05. The summed E-state index contributed by atoms with van der Waals surface area (Å²) in [5, 5.41) is 10.7. The summed E-state index contributed by atoms with van der Waals surface area (Å²) < 4.78 is 0. The first kappa shape index (κ1) is 10.8. The fourth-order valence-electron chi connectivity index (χ4n) is 1.74. The normalized spacial score (nSPS) is 17.4. The first-order valence-corrected chi connectivity index (χ1v) is 4.87. The Balaban J connectivity index is 2.18. The molecule has 1 rings (SSSR count). The number of aliphatic carboxylic acids is 1. The molecule has 1 amide bonds. The van der Waals surface area contributed by atoms with Crippen LogP contribution in [0.3, 0.4) is 0 Å². The summed E-state index contributed by atoms with van der Waals surface area (Å²) >= 11 is 0. The van der Waals surface area contributed by atoms with Crippen LogP contribution in [0.15, 0.2) is 12.3 Å². The van der Waals surface area contributed by atoms with Crippen molar-refractivity contribution >= 4 is 11.9 Å². The van der Waals surface area contributed by atoms with Crippen LogP contribution in [0.5, 0.6) is 0 Å². The lowest BCUT2D eigenvalue weighted by atomic mass is 10.0. The van der Waals surface area contributed by atoms with E-state index >= 15 is 0 Å². The largest absolute Gasteiger partial charge is 0.478 e. The molecule has 0 aromatic rings. The highest BCUT2D eigenvalue weighted by molar-refractivity contribution is 5.82. The van der Waals surface area contributed by atoms with E-state index in [4.69, 9.17) is 5.11 Å². The summed E-state index contributed by atoms with van der Waals surface area (Å²) in [6.07, 6.45) is 7.29. The van der Waals surface area contributed by atoms with Crippen molar-refractivity contribution in [2.75, 3.05) is 0 Å². The van der Waals surface area contributed by atoms with Gasteiger partial charge in [-0.15, -0.1) is 0 Å². The second kappa shape index (κ2) is 5.42. The van der Waals surface area contributed by atoms with Gasteiger partial charge in [0.2, 0.25) is 5.91 Å². The molecule has 0 radical (unpaired) electrons. The van der Waals surface area contributed by atoms with Gasteiger partial charge in [-0.2, -0.15) is 0 Å². The van der Waals surface area contributed by atoms with E-state index < -0.39 is 5.97 Å². The summed E-state index contributed by atoms with van der Waals surface area (Å²) in [7, 11) is 0. The fraction of sp³-hybridized carbons (Fsp3) is 0.600. The Hall–Kier alpha value is -1.32. The maximum absolute atomic E-state index is 11.2. The predicted octanol–water partition coefficient (Wildman–Crippen LogP) is 1.28. The molecular formula is C10H15NO3. The van der Waals surface area contributed by atoms with Crippen molar-refractivity contribution in [1.82, 2.24) is 5.32 Å². The monoisotopic (exact) mass is 197 g/mol. The second-order valence-corrected chi connectivity index (χ2v) is 3.59. The fourth-order valence-corrected chi connectivity index (χ4v) is 1.74. The number of carbonyl (C=O) groups excluding carboxylic acids is 1. The van der Waals surface area contributed by atoms with E-state index in [1.807, 2.05) is 0 Å². The van der Waals surface area contributed by atoms with Gasteiger partial charge < -0.3 is 10.4 Å². The van der Waals surface area contributed by atoms with Crippen LogP contribution in [0.1, 0.15) is 32.1 Å². The zero-order valence-corrected chi connectivity index (χ0v) is 8.03. The van der Waals surface area contributed by atoms with Crippen LogP contribution in [0.2, 0.25) is 0 Å². The molecule has 78 valence electrons. The van der Waals surface area contributed by atoms with E-state index in [2.05, 4.69) is 5.32 Å². The van der Waals surface area contributed by atoms with E-state index in [0.29, 0.717) is 12.3 Å². The Morgan fingerprint density at radius 1 is 1.36 bits per heavy atom. The molecule has 0 heterocycles. The molecule has 0 atom stereocenters. The second-order valence-electron chi connectivity index (χ2n) is 3.59. The molecule has 0 saturated heterocycles. The minimum Gasteiger partial charge on any atom is -0.478 e. The van der Waals surface area contributed by atoms with Gasteiger partial charge in [0.1, 0.15) is 0 Å². The SMILES string of the molecule is O=C(O)C=CNC(=O)CC1CCCC1. The molecule has 0 bridgehead atoms. The average molecular weight is 197 g/mol. The lowest BCUT2D eigenvalue weighted by Crippen LogP contribution is -2.19. The van der Waals surface area contributed by atoms with Gasteiger partial charge in [0.15, 0.2) is 0 Å². The van der Waals surface area contributed by atoms with Gasteiger partial charge in [-0.25, -0.2) is 4.79 Å². The Morgan fingerprint density at radius 3 is 2.57 bits per heavy atom. The molecule has 1 aliphatic rings. The van der Waals surface area contributed by atoms with Gasteiger partial charge in [-0.05, 0) is 18.8 Å². The summed E-state index contributed by atoms with van der Waals surface area (Å²) in [5.41, 5.74) is 0. The third-order valence-electron chi connectivity index (χ3n) is 2.42. The third kappa shape index (κ3) is 4.07. The molecule has 1 aliphatic carbocycles. The molecular weight excluding hydrogens is 182 g/mol. The van der Waals surface area contributed by atoms with Crippen LogP contribution in [0.4, 0.5) is 0 Å². The highest BCUT2D eigenvalue weighted by atomic mass is 16.4. The maximum Gasteiger partial charge on any atom is 0.329 e. The van der Waals surface area contributed by atoms with Crippen molar-refractivity contribution in [1.29, 1.82) is 0 Å². The average Bonchev–Trinajstić information content (AvgIpc) is 2.56. The Kier molecular flexibility index (Phi) is 4.16. The van der Waals surface area contributed by atoms with E-state index in [0.717, 1.165) is 18.9 Å². The quantitative estimate of drug-likeness (QED) is 0.667. The highest BCUT2D eigenvalue weighted by Gasteiger charge is 2.17. The van der Waals surface area contributed by atoms with E-state index in [9.17, 15) is 9.59 Å². The third-order valence-corrected chi connectivity index (χ3v) is 2.42. The molecule has 14 heavy (non-hydrogen) atoms. The number of carbonyl (C=O) groups is 2. The lowest BCUT2D eigenvalue weighted by molar-refractivity contribution is -0.131. The number of amides is 1. The van der Waals surface area contributed by atoms with Gasteiger partial charge in [-0.1, -0.05) is 12.8 Å². The van der Waals surface area contributed by atoms with Gasteiger partial charge in [-0.3, -0.25) is 4.79 Å². The summed E-state index contributed by atoms with van der Waals surface area (Å²) in [6, 6.07) is 0. The van der Waals surface area contributed by atoms with Crippen LogP contribution < -0.4 is 5.32 Å². The molecule has 1 fully saturated rings. The van der Waals surface area contributed by atoms with Crippen molar-refractivity contribution in [2.24, 2.45) is 5.92 Å². The minimum absolute atomic E-state index is 0.0885. The van der Waals surface area contributed by atoms with Crippen molar-refractivity contribution < 1.29 is 14.7 Å². The molecule has 4 nitrogen and oxygen atoms in total. The molecule has 1 saturated carbocycles. The molecule has 4 heteroatoms. The summed E-state index contributed by atoms with van der Waals surface area (Å²) in [6.45, 7) is 0. The summed E-state index contributed by atoms with van der Waals surface area (Å²) in [4.78, 5) is 21.3. The molecule has 2 N–H and O–H groups in total. The first-order valence-electron chi connectivity index (χ1n) is 4.87. The topological polar surface area (TPSA) is 66.4 Å².